The molecule has 2 fully saturated rings. The highest BCUT2D eigenvalue weighted by Crippen LogP contribution is 2.49. The molecular weight excluding hydrogens is 390 g/mol. The molecule has 0 unspecified atom stereocenters. The molecule has 1 amide bonds. The Kier molecular flexibility index (Phi) is 4.02. The van der Waals surface area contributed by atoms with Crippen LogP contribution in [0.5, 0.6) is 0 Å². The van der Waals surface area contributed by atoms with Crippen LogP contribution in [0.2, 0.25) is 0 Å². The van der Waals surface area contributed by atoms with Gasteiger partial charge in [-0.3, -0.25) is 9.78 Å². The Morgan fingerprint density at radius 3 is 2.55 bits per heavy atom. The number of aromatic nitrogens is 3. The van der Waals surface area contributed by atoms with Crippen molar-refractivity contribution < 1.29 is 9.21 Å². The maximum atomic E-state index is 12.7. The van der Waals surface area contributed by atoms with Crippen LogP contribution in [-0.2, 0) is 0 Å². The number of fused-ring (bicyclic) bond motifs is 1. The summed E-state index contributed by atoms with van der Waals surface area (Å²) in [4.78, 5) is 28.0. The van der Waals surface area contributed by atoms with Crippen molar-refractivity contribution in [2.45, 2.75) is 18.9 Å². The second-order valence-corrected chi connectivity index (χ2v) is 8.55. The monoisotopic (exact) mass is 411 g/mol. The van der Waals surface area contributed by atoms with Gasteiger partial charge < -0.3 is 14.6 Å². The zero-order valence-electron chi connectivity index (χ0n) is 16.9. The normalized spacial score (nSPS) is 17.4. The first-order valence-corrected chi connectivity index (χ1v) is 10.4. The highest BCUT2D eigenvalue weighted by atomic mass is 16.3. The number of hydrogen-bond acceptors (Lipinski definition) is 6. The van der Waals surface area contributed by atoms with Crippen LogP contribution in [0, 0.1) is 5.41 Å². The van der Waals surface area contributed by atoms with Crippen molar-refractivity contribution in [3.8, 4) is 11.3 Å². The molecule has 2 aliphatic rings. The van der Waals surface area contributed by atoms with Gasteiger partial charge in [0.25, 0.3) is 5.91 Å². The number of anilines is 1. The average Bonchev–Trinajstić information content (AvgIpc) is 3.24. The maximum Gasteiger partial charge on any atom is 0.251 e. The lowest BCUT2D eigenvalue weighted by atomic mass is 9.60. The lowest BCUT2D eigenvalue weighted by molar-refractivity contribution is 0.0432. The van der Waals surface area contributed by atoms with Crippen LogP contribution in [0.3, 0.4) is 0 Å². The summed E-state index contributed by atoms with van der Waals surface area (Å²) >= 11 is 0. The quantitative estimate of drug-likeness (QED) is 0.551. The van der Waals surface area contributed by atoms with Gasteiger partial charge in [0.1, 0.15) is 5.58 Å². The van der Waals surface area contributed by atoms with Crippen molar-refractivity contribution in [3.05, 3.63) is 72.9 Å². The van der Waals surface area contributed by atoms with E-state index < -0.39 is 0 Å². The van der Waals surface area contributed by atoms with Crippen LogP contribution in [0.1, 0.15) is 23.2 Å². The number of rotatable bonds is 4. The highest BCUT2D eigenvalue weighted by Gasteiger charge is 2.53. The van der Waals surface area contributed by atoms with Crippen LogP contribution in [0.4, 0.5) is 5.95 Å². The third-order valence-corrected chi connectivity index (χ3v) is 6.38. The van der Waals surface area contributed by atoms with Crippen molar-refractivity contribution in [2.75, 3.05) is 18.0 Å². The molecule has 3 aromatic heterocycles. The first-order chi connectivity index (χ1) is 15.2. The highest BCUT2D eigenvalue weighted by molar-refractivity contribution is 5.96. The van der Waals surface area contributed by atoms with E-state index in [2.05, 4.69) is 25.2 Å². The van der Waals surface area contributed by atoms with Crippen molar-refractivity contribution in [2.24, 2.45) is 5.41 Å². The van der Waals surface area contributed by atoms with Gasteiger partial charge in [-0.2, -0.15) is 0 Å². The van der Waals surface area contributed by atoms with Gasteiger partial charge in [0, 0.05) is 59.7 Å². The Morgan fingerprint density at radius 1 is 1.00 bits per heavy atom. The number of hydrogen-bond donors (Lipinski definition) is 1. The van der Waals surface area contributed by atoms with Gasteiger partial charge in [0.05, 0.1) is 12.0 Å². The number of nitrogens with one attached hydrogen (secondary N) is 1. The van der Waals surface area contributed by atoms with Gasteiger partial charge in [-0.15, -0.1) is 0 Å². The molecule has 4 heterocycles. The van der Waals surface area contributed by atoms with Crippen molar-refractivity contribution in [3.63, 3.8) is 0 Å². The number of nitrogens with zero attached hydrogens (tertiary/aromatic N) is 4. The maximum absolute atomic E-state index is 12.7. The molecule has 1 aliphatic heterocycles. The summed E-state index contributed by atoms with van der Waals surface area (Å²) < 4.78 is 5.45. The Hall–Kier alpha value is -3.74. The predicted molar refractivity (Wildman–Crippen MR) is 117 cm³/mol. The molecule has 1 saturated heterocycles. The molecule has 31 heavy (non-hydrogen) atoms. The van der Waals surface area contributed by atoms with Crippen LogP contribution in [-0.4, -0.2) is 40.0 Å². The van der Waals surface area contributed by atoms with E-state index in [0.29, 0.717) is 11.0 Å². The standard InChI is InChI=1S/C24H21N5O2/c30-22(28-18-12-24(13-18)14-29(15-24)23-26-8-1-9-27-23)17-4-2-16(3-5-17)21-19-7-11-31-20(19)6-10-25-21/h1-11,18H,12-15H2,(H,28,30). The lowest BCUT2D eigenvalue weighted by Crippen LogP contribution is -2.67. The molecule has 1 aliphatic carbocycles. The largest absolute Gasteiger partial charge is 0.464 e. The third kappa shape index (κ3) is 3.13. The number of carbonyl (C=O) groups excluding carboxylic acids is 1. The summed E-state index contributed by atoms with van der Waals surface area (Å²) in [5.74, 6) is 0.768. The van der Waals surface area contributed by atoms with Crippen LogP contribution in [0.25, 0.3) is 22.2 Å². The molecule has 7 heteroatoms. The Labute approximate surface area is 179 Å². The Bertz CT molecular complexity index is 1240. The van der Waals surface area contributed by atoms with E-state index in [4.69, 9.17) is 4.42 Å². The fourth-order valence-corrected chi connectivity index (χ4v) is 4.88. The average molecular weight is 411 g/mol. The summed E-state index contributed by atoms with van der Waals surface area (Å²) in [5.41, 5.74) is 3.59. The zero-order valence-corrected chi connectivity index (χ0v) is 16.9. The van der Waals surface area contributed by atoms with E-state index in [-0.39, 0.29) is 11.9 Å². The number of pyridine rings is 1. The summed E-state index contributed by atoms with van der Waals surface area (Å²) in [6.07, 6.45) is 8.96. The minimum atomic E-state index is -0.0246. The Balaban J connectivity index is 1.07. The predicted octanol–water partition coefficient (Wildman–Crippen LogP) is 3.68. The molecule has 0 radical (unpaired) electrons. The van der Waals surface area contributed by atoms with Crippen molar-refractivity contribution in [1.82, 2.24) is 20.3 Å². The number of amides is 1. The SMILES string of the molecule is O=C(NC1CC2(C1)CN(c1ncccn1)C2)c1ccc(-c2nccc3occc23)cc1. The molecule has 1 aromatic carbocycles. The van der Waals surface area contributed by atoms with E-state index >= 15 is 0 Å². The third-order valence-electron chi connectivity index (χ3n) is 6.38. The van der Waals surface area contributed by atoms with Crippen LogP contribution in [0.15, 0.2) is 71.7 Å². The summed E-state index contributed by atoms with van der Waals surface area (Å²) in [6, 6.07) is 13.4. The summed E-state index contributed by atoms with van der Waals surface area (Å²) in [6.45, 7) is 1.93. The molecule has 1 saturated carbocycles. The minimum Gasteiger partial charge on any atom is -0.464 e. The van der Waals surface area contributed by atoms with Gasteiger partial charge in [-0.1, -0.05) is 12.1 Å². The molecule has 4 aromatic rings. The van der Waals surface area contributed by atoms with E-state index in [1.807, 2.05) is 42.5 Å². The minimum absolute atomic E-state index is 0.0246. The van der Waals surface area contributed by atoms with E-state index in [1.165, 1.54) is 0 Å². The van der Waals surface area contributed by atoms with Gasteiger partial charge in [0.2, 0.25) is 5.95 Å². The second-order valence-electron chi connectivity index (χ2n) is 8.55. The number of carbonyl (C=O) groups is 1. The molecule has 1 N–H and O–H groups in total. The summed E-state index contributed by atoms with van der Waals surface area (Å²) in [7, 11) is 0. The van der Waals surface area contributed by atoms with Crippen LogP contribution < -0.4 is 10.2 Å². The van der Waals surface area contributed by atoms with Gasteiger partial charge in [0.15, 0.2) is 0 Å². The second kappa shape index (κ2) is 6.91. The Morgan fingerprint density at radius 2 is 1.77 bits per heavy atom. The van der Waals surface area contributed by atoms with E-state index in [9.17, 15) is 4.79 Å². The fourth-order valence-electron chi connectivity index (χ4n) is 4.88. The van der Waals surface area contributed by atoms with Crippen LogP contribution >= 0.6 is 0 Å². The van der Waals surface area contributed by atoms with Crippen molar-refractivity contribution >= 4 is 22.8 Å². The zero-order chi connectivity index (χ0) is 20.8. The fraction of sp³-hybridized carbons (Fsp3) is 0.250. The lowest BCUT2D eigenvalue weighted by Gasteiger charge is -2.59. The molecule has 7 nitrogen and oxygen atoms in total. The molecular formula is C24H21N5O2. The molecule has 1 spiro atoms. The van der Waals surface area contributed by atoms with Gasteiger partial charge >= 0.3 is 0 Å². The molecule has 6 rings (SSSR count). The van der Waals surface area contributed by atoms with E-state index in [0.717, 1.165) is 54.1 Å². The smallest absolute Gasteiger partial charge is 0.251 e. The number of benzene rings is 1. The van der Waals surface area contributed by atoms with Crippen molar-refractivity contribution in [1.29, 1.82) is 0 Å². The van der Waals surface area contributed by atoms with Gasteiger partial charge in [-0.05, 0) is 43.2 Å². The molecule has 154 valence electrons. The van der Waals surface area contributed by atoms with E-state index in [1.54, 1.807) is 24.9 Å². The number of furan rings is 1. The molecule has 0 bridgehead atoms. The molecule has 0 atom stereocenters. The first kappa shape index (κ1) is 18.1. The first-order valence-electron chi connectivity index (χ1n) is 10.4. The summed E-state index contributed by atoms with van der Waals surface area (Å²) in [5, 5.41) is 4.14. The topological polar surface area (TPSA) is 84.2 Å². The van der Waals surface area contributed by atoms with Gasteiger partial charge in [-0.25, -0.2) is 9.97 Å².